The van der Waals surface area contributed by atoms with E-state index in [1.165, 1.54) is 0 Å². The molecule has 1 saturated heterocycles. The molecule has 1 aliphatic rings. The van der Waals surface area contributed by atoms with Gasteiger partial charge in [-0.3, -0.25) is 4.57 Å². The Hall–Kier alpha value is -1.29. The first-order valence-electron chi connectivity index (χ1n) is 6.16. The van der Waals surface area contributed by atoms with Crippen LogP contribution in [0, 0.1) is 0 Å². The molecule has 0 spiro atoms. The summed E-state index contributed by atoms with van der Waals surface area (Å²) in [7, 11) is 1.75. The van der Waals surface area contributed by atoms with Crippen LogP contribution in [0.4, 0.5) is 5.82 Å². The average Bonchev–Trinajstić information content (AvgIpc) is 3.00. The summed E-state index contributed by atoms with van der Waals surface area (Å²) in [5, 5.41) is 21.9. The molecule has 20 heavy (non-hydrogen) atoms. The van der Waals surface area contributed by atoms with E-state index in [9.17, 15) is 5.11 Å². The van der Waals surface area contributed by atoms with E-state index >= 15 is 0 Å². The number of rotatable bonds is 3. The van der Waals surface area contributed by atoms with Crippen molar-refractivity contribution < 1.29 is 14.9 Å². The lowest BCUT2D eigenvalue weighted by Gasteiger charge is -2.13. The molecule has 0 radical (unpaired) electrons. The third kappa shape index (κ3) is 2.16. The second kappa shape index (κ2) is 5.24. The van der Waals surface area contributed by atoms with Crippen molar-refractivity contribution in [3.63, 3.8) is 0 Å². The van der Waals surface area contributed by atoms with E-state index in [4.69, 9.17) is 9.84 Å². The lowest BCUT2D eigenvalue weighted by Crippen LogP contribution is -2.24. The van der Waals surface area contributed by atoms with Crippen molar-refractivity contribution in [3.05, 3.63) is 11.1 Å². The van der Waals surface area contributed by atoms with Crippen LogP contribution >= 0.6 is 15.9 Å². The number of nitrogens with one attached hydrogen (secondary N) is 1. The average molecular weight is 344 g/mol. The van der Waals surface area contributed by atoms with E-state index in [2.05, 4.69) is 36.2 Å². The van der Waals surface area contributed by atoms with Gasteiger partial charge >= 0.3 is 0 Å². The van der Waals surface area contributed by atoms with Crippen molar-refractivity contribution in [2.45, 2.75) is 24.9 Å². The van der Waals surface area contributed by atoms with E-state index in [1.54, 1.807) is 17.9 Å². The van der Waals surface area contributed by atoms with E-state index in [-0.39, 0.29) is 6.61 Å². The number of fused-ring (bicyclic) bond motifs is 1. The molecule has 0 amide bonds. The number of aliphatic hydroxyl groups is 2. The van der Waals surface area contributed by atoms with Gasteiger partial charge in [0.05, 0.1) is 19.0 Å². The van der Waals surface area contributed by atoms with Gasteiger partial charge in [-0.05, 0) is 15.9 Å². The molecule has 0 bridgehead atoms. The highest BCUT2D eigenvalue weighted by Crippen LogP contribution is 2.32. The summed E-state index contributed by atoms with van der Waals surface area (Å²) < 4.78 is 7.79. The predicted molar refractivity (Wildman–Crippen MR) is 74.2 cm³/mol. The molecule has 0 unspecified atom stereocenters. The molecule has 8 nitrogen and oxygen atoms in total. The first-order chi connectivity index (χ1) is 9.63. The maximum Gasteiger partial charge on any atom is 0.200 e. The number of imidazole rings is 1. The standard InChI is InChI=1S/C11H14BrN5O3/c1-13-9-8-10(16-11(12)15-9)17(4-14-8)7-2-5(19)6(3-18)20-7/h4-7,18-19H,2-3H2,1H3,(H,13,15,16)/t5-,6+,7+/m0/s1. The van der Waals surface area contributed by atoms with Crippen LogP contribution < -0.4 is 5.32 Å². The fourth-order valence-electron chi connectivity index (χ4n) is 2.33. The quantitative estimate of drug-likeness (QED) is 0.687. The maximum absolute atomic E-state index is 9.81. The van der Waals surface area contributed by atoms with E-state index in [1.807, 2.05) is 0 Å². The van der Waals surface area contributed by atoms with Gasteiger partial charge in [0.1, 0.15) is 12.3 Å². The minimum absolute atomic E-state index is 0.218. The molecule has 3 rings (SSSR count). The fourth-order valence-corrected chi connectivity index (χ4v) is 2.67. The summed E-state index contributed by atoms with van der Waals surface area (Å²) in [4.78, 5) is 12.8. The number of nitrogens with zero attached hydrogens (tertiary/aromatic N) is 4. The molecule has 9 heteroatoms. The van der Waals surface area contributed by atoms with Gasteiger partial charge in [-0.1, -0.05) is 0 Å². The van der Waals surface area contributed by atoms with Crippen molar-refractivity contribution in [2.24, 2.45) is 0 Å². The number of aliphatic hydroxyl groups excluding tert-OH is 2. The molecule has 0 aliphatic carbocycles. The molecular weight excluding hydrogens is 330 g/mol. The molecule has 1 aliphatic heterocycles. The number of ether oxygens (including phenoxy) is 1. The summed E-state index contributed by atoms with van der Waals surface area (Å²) in [6.45, 7) is -0.218. The first kappa shape index (κ1) is 13.7. The Balaban J connectivity index is 2.03. The van der Waals surface area contributed by atoms with Gasteiger partial charge in [0.2, 0.25) is 4.73 Å². The highest BCUT2D eigenvalue weighted by molar-refractivity contribution is 9.10. The maximum atomic E-state index is 9.81. The van der Waals surface area contributed by atoms with Gasteiger partial charge in [-0.15, -0.1) is 0 Å². The Morgan fingerprint density at radius 2 is 2.35 bits per heavy atom. The van der Waals surface area contributed by atoms with Crippen molar-refractivity contribution in [1.29, 1.82) is 0 Å². The minimum atomic E-state index is -0.698. The molecule has 0 aromatic carbocycles. The normalized spacial score (nSPS) is 26.3. The van der Waals surface area contributed by atoms with Crippen LogP contribution in [0.3, 0.4) is 0 Å². The second-order valence-electron chi connectivity index (χ2n) is 4.53. The van der Waals surface area contributed by atoms with Gasteiger partial charge in [0, 0.05) is 13.5 Å². The number of aromatic nitrogens is 4. The van der Waals surface area contributed by atoms with Gasteiger partial charge < -0.3 is 20.3 Å². The van der Waals surface area contributed by atoms with Crippen molar-refractivity contribution >= 4 is 32.9 Å². The van der Waals surface area contributed by atoms with Crippen molar-refractivity contribution in [3.8, 4) is 0 Å². The summed E-state index contributed by atoms with van der Waals surface area (Å²) >= 11 is 3.26. The molecule has 3 atom stereocenters. The molecule has 2 aromatic heterocycles. The Kier molecular flexibility index (Phi) is 3.59. The zero-order valence-electron chi connectivity index (χ0n) is 10.7. The fraction of sp³-hybridized carbons (Fsp3) is 0.545. The monoisotopic (exact) mass is 343 g/mol. The van der Waals surface area contributed by atoms with Crippen LogP contribution in [-0.4, -0.2) is 55.6 Å². The number of hydrogen-bond acceptors (Lipinski definition) is 7. The smallest absolute Gasteiger partial charge is 0.200 e. The zero-order valence-corrected chi connectivity index (χ0v) is 12.3. The van der Waals surface area contributed by atoms with Crippen LogP contribution in [0.1, 0.15) is 12.6 Å². The van der Waals surface area contributed by atoms with E-state index in [0.717, 1.165) is 0 Å². The predicted octanol–water partition coefficient (Wildman–Crippen LogP) is 0.271. The zero-order chi connectivity index (χ0) is 14.3. The van der Waals surface area contributed by atoms with Gasteiger partial charge in [-0.25, -0.2) is 15.0 Å². The Bertz CT molecular complexity index is 634. The van der Waals surface area contributed by atoms with Gasteiger partial charge in [0.25, 0.3) is 0 Å². The van der Waals surface area contributed by atoms with Gasteiger partial charge in [-0.2, -0.15) is 0 Å². The summed E-state index contributed by atoms with van der Waals surface area (Å²) in [6, 6.07) is 0. The first-order valence-corrected chi connectivity index (χ1v) is 6.95. The number of halogens is 1. The molecular formula is C11H14BrN5O3. The summed E-state index contributed by atoms with van der Waals surface area (Å²) in [6.07, 6.45) is 0.304. The number of anilines is 1. The van der Waals surface area contributed by atoms with E-state index in [0.29, 0.717) is 28.1 Å². The highest BCUT2D eigenvalue weighted by atomic mass is 79.9. The molecule has 2 aromatic rings. The lowest BCUT2D eigenvalue weighted by molar-refractivity contribution is -0.0432. The van der Waals surface area contributed by atoms with Crippen molar-refractivity contribution in [2.75, 3.05) is 19.0 Å². The van der Waals surface area contributed by atoms with Crippen molar-refractivity contribution in [1.82, 2.24) is 19.5 Å². The topological polar surface area (TPSA) is 105 Å². The SMILES string of the molecule is CNc1nc(Br)nc2c1ncn2[C@H]1C[C@H](O)[C@@H](CO)O1. The van der Waals surface area contributed by atoms with Crippen LogP contribution in [0.15, 0.2) is 11.1 Å². The molecule has 3 heterocycles. The van der Waals surface area contributed by atoms with Gasteiger partial charge in [0.15, 0.2) is 17.0 Å². The third-order valence-electron chi connectivity index (χ3n) is 3.33. The lowest BCUT2D eigenvalue weighted by atomic mass is 10.2. The molecule has 108 valence electrons. The third-order valence-corrected chi connectivity index (χ3v) is 3.68. The van der Waals surface area contributed by atoms with Crippen LogP contribution in [0.5, 0.6) is 0 Å². The molecule has 1 fully saturated rings. The minimum Gasteiger partial charge on any atom is -0.394 e. The Morgan fingerprint density at radius 3 is 3.00 bits per heavy atom. The molecule has 3 N–H and O–H groups in total. The van der Waals surface area contributed by atoms with Crippen LogP contribution in [0.2, 0.25) is 0 Å². The van der Waals surface area contributed by atoms with Crippen LogP contribution in [0.25, 0.3) is 11.2 Å². The van der Waals surface area contributed by atoms with E-state index < -0.39 is 18.4 Å². The largest absolute Gasteiger partial charge is 0.394 e. The molecule has 0 saturated carbocycles. The second-order valence-corrected chi connectivity index (χ2v) is 5.24. The number of hydrogen-bond donors (Lipinski definition) is 3. The Morgan fingerprint density at radius 1 is 1.55 bits per heavy atom. The summed E-state index contributed by atoms with van der Waals surface area (Å²) in [5.74, 6) is 0.609. The highest BCUT2D eigenvalue weighted by Gasteiger charge is 2.35. The summed E-state index contributed by atoms with van der Waals surface area (Å²) in [5.41, 5.74) is 1.23. The Labute approximate surface area is 122 Å². The van der Waals surface area contributed by atoms with Crippen LogP contribution in [-0.2, 0) is 4.74 Å².